The Morgan fingerprint density at radius 3 is 2.88 bits per heavy atom. The molecule has 1 saturated heterocycles. The fraction of sp³-hybridized carbons (Fsp3) is 0.455. The number of hydrogen-bond donors (Lipinski definition) is 0. The Morgan fingerprint density at radius 2 is 2.29 bits per heavy atom. The summed E-state index contributed by atoms with van der Waals surface area (Å²) in [6.07, 6.45) is 0.646. The van der Waals surface area contributed by atoms with Crippen molar-refractivity contribution in [2.75, 3.05) is 11.5 Å². The van der Waals surface area contributed by atoms with E-state index in [1.54, 1.807) is 12.1 Å². The third kappa shape index (κ3) is 2.99. The van der Waals surface area contributed by atoms with Gasteiger partial charge in [0.15, 0.2) is 9.84 Å². The van der Waals surface area contributed by atoms with E-state index >= 15 is 0 Å². The van der Waals surface area contributed by atoms with Crippen molar-refractivity contribution in [3.63, 3.8) is 0 Å². The number of hydrogen-bond acceptors (Lipinski definition) is 5. The molecule has 1 fully saturated rings. The minimum absolute atomic E-state index is 0.0291. The van der Waals surface area contributed by atoms with Crippen molar-refractivity contribution in [2.45, 2.75) is 23.6 Å². The molecule has 90 valence electrons. The van der Waals surface area contributed by atoms with Gasteiger partial charge in [0.2, 0.25) is 0 Å². The second kappa shape index (κ2) is 4.67. The molecule has 0 spiro atoms. The van der Waals surface area contributed by atoms with Crippen molar-refractivity contribution in [1.82, 2.24) is 4.98 Å². The van der Waals surface area contributed by atoms with Crippen molar-refractivity contribution in [3.05, 3.63) is 23.4 Å². The molecule has 1 aliphatic heterocycles. The lowest BCUT2D eigenvalue weighted by atomic mass is 10.3. The lowest BCUT2D eigenvalue weighted by molar-refractivity contribution is 0.602. The number of nitriles is 1. The molecule has 1 atom stereocenters. The van der Waals surface area contributed by atoms with Crippen LogP contribution >= 0.6 is 11.8 Å². The third-order valence-electron chi connectivity index (χ3n) is 2.59. The first-order valence-corrected chi connectivity index (χ1v) is 7.95. The van der Waals surface area contributed by atoms with Gasteiger partial charge in [0.05, 0.1) is 17.1 Å². The molecule has 17 heavy (non-hydrogen) atoms. The summed E-state index contributed by atoms with van der Waals surface area (Å²) in [7, 11) is -2.88. The van der Waals surface area contributed by atoms with Crippen molar-refractivity contribution in [2.24, 2.45) is 0 Å². The molecule has 0 aromatic carbocycles. The summed E-state index contributed by atoms with van der Waals surface area (Å²) in [6.45, 7) is 1.86. The van der Waals surface area contributed by atoms with Crippen LogP contribution in [-0.2, 0) is 9.84 Å². The first-order valence-electron chi connectivity index (χ1n) is 5.25. The number of sulfone groups is 1. The molecule has 1 aromatic heterocycles. The number of nitrogens with zero attached hydrogens (tertiary/aromatic N) is 2. The molecule has 0 bridgehead atoms. The summed E-state index contributed by atoms with van der Waals surface area (Å²) in [6, 6.07) is 5.60. The summed E-state index contributed by atoms with van der Waals surface area (Å²) in [5.74, 6) is 0.441. The molecule has 4 nitrogen and oxygen atoms in total. The normalized spacial score (nSPS) is 22.2. The number of rotatable bonds is 2. The van der Waals surface area contributed by atoms with Gasteiger partial charge in [0, 0.05) is 10.9 Å². The Bertz CT molecular complexity index is 576. The van der Waals surface area contributed by atoms with Crippen LogP contribution in [0.5, 0.6) is 0 Å². The second-order valence-corrected chi connectivity index (χ2v) is 7.58. The number of aromatic nitrogens is 1. The van der Waals surface area contributed by atoms with E-state index < -0.39 is 9.84 Å². The van der Waals surface area contributed by atoms with E-state index in [2.05, 4.69) is 11.1 Å². The summed E-state index contributed by atoms with van der Waals surface area (Å²) >= 11 is 1.41. The van der Waals surface area contributed by atoms with Gasteiger partial charge in [-0.1, -0.05) is 0 Å². The van der Waals surface area contributed by atoms with Crippen molar-refractivity contribution in [1.29, 1.82) is 5.26 Å². The van der Waals surface area contributed by atoms with E-state index in [9.17, 15) is 8.42 Å². The SMILES string of the molecule is Cc1ccc(C#N)c(S[C@@H]2CCS(=O)(=O)C2)n1. The van der Waals surface area contributed by atoms with Gasteiger partial charge in [-0.25, -0.2) is 13.4 Å². The van der Waals surface area contributed by atoms with Crippen LogP contribution in [0.15, 0.2) is 17.2 Å². The highest BCUT2D eigenvalue weighted by atomic mass is 32.2. The highest BCUT2D eigenvalue weighted by molar-refractivity contribution is 8.01. The van der Waals surface area contributed by atoms with Gasteiger partial charge in [0.25, 0.3) is 0 Å². The minimum Gasteiger partial charge on any atom is -0.245 e. The van der Waals surface area contributed by atoms with Gasteiger partial charge < -0.3 is 0 Å². The van der Waals surface area contributed by atoms with Gasteiger partial charge in [-0.05, 0) is 25.5 Å². The lowest BCUT2D eigenvalue weighted by Crippen LogP contribution is -2.07. The van der Waals surface area contributed by atoms with Crippen LogP contribution in [0.25, 0.3) is 0 Å². The average molecular weight is 268 g/mol. The molecular weight excluding hydrogens is 256 g/mol. The van der Waals surface area contributed by atoms with Crippen LogP contribution in [0.1, 0.15) is 17.7 Å². The largest absolute Gasteiger partial charge is 0.245 e. The molecule has 1 aromatic rings. The van der Waals surface area contributed by atoms with Crippen molar-refractivity contribution >= 4 is 21.6 Å². The fourth-order valence-corrected chi connectivity index (χ4v) is 5.30. The maximum atomic E-state index is 11.4. The number of thioether (sulfide) groups is 1. The Hall–Kier alpha value is -1.06. The topological polar surface area (TPSA) is 70.8 Å². The van der Waals surface area contributed by atoms with E-state index in [4.69, 9.17) is 5.26 Å². The molecule has 0 radical (unpaired) electrons. The van der Waals surface area contributed by atoms with Crippen LogP contribution in [0, 0.1) is 18.3 Å². The molecule has 1 aliphatic rings. The Balaban J connectivity index is 2.20. The molecule has 6 heteroatoms. The van der Waals surface area contributed by atoms with Crippen LogP contribution < -0.4 is 0 Å². The lowest BCUT2D eigenvalue weighted by Gasteiger charge is -2.08. The van der Waals surface area contributed by atoms with Crippen LogP contribution in [0.3, 0.4) is 0 Å². The summed E-state index contributed by atoms with van der Waals surface area (Å²) in [5, 5.41) is 9.64. The molecule has 0 aliphatic carbocycles. The molecule has 0 saturated carbocycles. The fourth-order valence-electron chi connectivity index (χ4n) is 1.72. The standard InChI is InChI=1S/C11H12N2O2S2/c1-8-2-3-9(6-12)11(13-8)16-10-4-5-17(14,15)7-10/h2-3,10H,4-5,7H2,1H3/t10-/m1/s1. The predicted molar refractivity (Wildman–Crippen MR) is 66.6 cm³/mol. The Labute approximate surface area is 105 Å². The summed E-state index contributed by atoms with van der Waals surface area (Å²) in [4.78, 5) is 4.30. The van der Waals surface area contributed by atoms with E-state index in [-0.39, 0.29) is 16.8 Å². The molecule has 2 heterocycles. The van der Waals surface area contributed by atoms with Gasteiger partial charge in [0.1, 0.15) is 11.1 Å². The molecular formula is C11H12N2O2S2. The zero-order chi connectivity index (χ0) is 12.5. The first-order chi connectivity index (χ1) is 8.00. The number of pyridine rings is 1. The second-order valence-electron chi connectivity index (χ2n) is 4.06. The van der Waals surface area contributed by atoms with Gasteiger partial charge >= 0.3 is 0 Å². The van der Waals surface area contributed by atoms with Gasteiger partial charge in [-0.3, -0.25) is 0 Å². The third-order valence-corrected chi connectivity index (χ3v) is 5.84. The summed E-state index contributed by atoms with van der Waals surface area (Å²) < 4.78 is 22.7. The maximum Gasteiger partial charge on any atom is 0.151 e. The minimum atomic E-state index is -2.88. The van der Waals surface area contributed by atoms with Crippen LogP contribution in [0.2, 0.25) is 0 Å². The predicted octanol–water partition coefficient (Wildman–Crippen LogP) is 1.54. The van der Waals surface area contributed by atoms with E-state index in [1.807, 2.05) is 6.92 Å². The van der Waals surface area contributed by atoms with E-state index in [0.29, 0.717) is 17.0 Å². The highest BCUT2D eigenvalue weighted by Crippen LogP contribution is 2.31. The van der Waals surface area contributed by atoms with Crippen LogP contribution in [0.4, 0.5) is 0 Å². The van der Waals surface area contributed by atoms with Gasteiger partial charge in [-0.2, -0.15) is 5.26 Å². The Kier molecular flexibility index (Phi) is 3.40. The van der Waals surface area contributed by atoms with Crippen LogP contribution in [-0.4, -0.2) is 30.2 Å². The summed E-state index contributed by atoms with van der Waals surface area (Å²) in [5.41, 5.74) is 1.36. The molecule has 0 amide bonds. The maximum absolute atomic E-state index is 11.4. The zero-order valence-corrected chi connectivity index (χ0v) is 11.0. The molecule has 2 rings (SSSR count). The molecule has 0 unspecified atom stereocenters. The van der Waals surface area contributed by atoms with Crippen molar-refractivity contribution in [3.8, 4) is 6.07 Å². The number of aryl methyl sites for hydroxylation is 1. The Morgan fingerprint density at radius 1 is 1.53 bits per heavy atom. The molecule has 0 N–H and O–H groups in total. The average Bonchev–Trinajstić information content (AvgIpc) is 2.58. The quantitative estimate of drug-likeness (QED) is 0.813. The highest BCUT2D eigenvalue weighted by Gasteiger charge is 2.29. The van der Waals surface area contributed by atoms with E-state index in [1.165, 1.54) is 11.8 Å². The van der Waals surface area contributed by atoms with Crippen molar-refractivity contribution < 1.29 is 8.42 Å². The monoisotopic (exact) mass is 268 g/mol. The van der Waals surface area contributed by atoms with Gasteiger partial charge in [-0.15, -0.1) is 11.8 Å². The zero-order valence-electron chi connectivity index (χ0n) is 9.38. The smallest absolute Gasteiger partial charge is 0.151 e. The van der Waals surface area contributed by atoms with E-state index in [0.717, 1.165) is 5.69 Å². The first kappa shape index (κ1) is 12.4.